The van der Waals surface area contributed by atoms with E-state index >= 15 is 0 Å². The van der Waals surface area contributed by atoms with Gasteiger partial charge >= 0.3 is 5.97 Å². The minimum Gasteiger partial charge on any atom is -0.489 e. The summed E-state index contributed by atoms with van der Waals surface area (Å²) in [5.41, 5.74) is 2.53. The summed E-state index contributed by atoms with van der Waals surface area (Å²) >= 11 is 0. The van der Waals surface area contributed by atoms with Gasteiger partial charge in [-0.15, -0.1) is 0 Å². The Bertz CT molecular complexity index is 1160. The number of amides is 1. The Morgan fingerprint density at radius 1 is 1.03 bits per heavy atom. The van der Waals surface area contributed by atoms with Crippen LogP contribution in [0, 0.1) is 10.1 Å². The molecule has 0 radical (unpaired) electrons. The molecule has 0 aliphatic rings. The summed E-state index contributed by atoms with van der Waals surface area (Å²) in [6.45, 7) is 0.0964. The average molecular weight is 479 g/mol. The lowest BCUT2D eigenvalue weighted by Gasteiger charge is -2.17. The molecule has 0 bridgehead atoms. The summed E-state index contributed by atoms with van der Waals surface area (Å²) in [5, 5.41) is 22.7. The molecule has 3 rings (SSSR count). The van der Waals surface area contributed by atoms with Crippen LogP contribution >= 0.6 is 0 Å². The first kappa shape index (κ1) is 25.4. The zero-order chi connectivity index (χ0) is 25.2. The third-order valence-electron chi connectivity index (χ3n) is 5.35. The molecule has 3 aromatic carbocycles. The van der Waals surface area contributed by atoms with Crippen molar-refractivity contribution in [1.82, 2.24) is 0 Å². The molecule has 0 saturated heterocycles. The van der Waals surface area contributed by atoms with E-state index in [1.807, 2.05) is 54.6 Å². The van der Waals surface area contributed by atoms with Crippen molar-refractivity contribution in [2.45, 2.75) is 25.6 Å². The summed E-state index contributed by atoms with van der Waals surface area (Å²) in [4.78, 5) is 34.6. The first-order valence-corrected chi connectivity index (χ1v) is 10.9. The van der Waals surface area contributed by atoms with Crippen molar-refractivity contribution in [3.8, 4) is 5.75 Å². The quantitative estimate of drug-likeness (QED) is 0.298. The largest absolute Gasteiger partial charge is 0.489 e. The molecule has 35 heavy (non-hydrogen) atoms. The van der Waals surface area contributed by atoms with E-state index in [0.717, 1.165) is 11.1 Å². The van der Waals surface area contributed by atoms with E-state index in [0.29, 0.717) is 17.9 Å². The van der Waals surface area contributed by atoms with Crippen LogP contribution in [0.25, 0.3) is 0 Å². The molecule has 0 aromatic heterocycles. The van der Waals surface area contributed by atoms with E-state index in [2.05, 4.69) is 5.32 Å². The first-order valence-electron chi connectivity index (χ1n) is 10.9. The van der Waals surface area contributed by atoms with Gasteiger partial charge in [-0.05, 0) is 41.0 Å². The molecule has 0 aliphatic carbocycles. The van der Waals surface area contributed by atoms with Gasteiger partial charge in [0.05, 0.1) is 5.56 Å². The maximum Gasteiger partial charge on any atom is 0.335 e. The van der Waals surface area contributed by atoms with E-state index in [9.17, 15) is 24.8 Å². The van der Waals surface area contributed by atoms with Gasteiger partial charge < -0.3 is 19.9 Å². The van der Waals surface area contributed by atoms with Gasteiger partial charge in [-0.1, -0.05) is 48.5 Å². The number of carboxylic acid groups (broad SMARTS) is 1. The van der Waals surface area contributed by atoms with Gasteiger partial charge in [0.2, 0.25) is 6.54 Å². The van der Waals surface area contributed by atoms with E-state index in [4.69, 9.17) is 9.47 Å². The number of carbonyl (C=O) groups is 2. The molecule has 182 valence electrons. The third kappa shape index (κ3) is 7.65. The van der Waals surface area contributed by atoms with Crippen LogP contribution in [0.2, 0.25) is 0 Å². The smallest absolute Gasteiger partial charge is 0.335 e. The summed E-state index contributed by atoms with van der Waals surface area (Å²) in [7, 11) is 1.41. The van der Waals surface area contributed by atoms with Crippen LogP contribution in [-0.2, 0) is 29.0 Å². The number of rotatable bonds is 12. The van der Waals surface area contributed by atoms with Crippen molar-refractivity contribution in [2.24, 2.45) is 0 Å². The molecule has 0 fully saturated rings. The Morgan fingerprint density at radius 2 is 1.74 bits per heavy atom. The summed E-state index contributed by atoms with van der Waals surface area (Å²) in [6, 6.07) is 21.2. The van der Waals surface area contributed by atoms with E-state index < -0.39 is 22.9 Å². The van der Waals surface area contributed by atoms with E-state index in [1.54, 1.807) is 0 Å². The molecule has 0 aliphatic heterocycles. The molecule has 0 saturated carbocycles. The molecule has 1 amide bonds. The zero-order valence-electron chi connectivity index (χ0n) is 19.2. The van der Waals surface area contributed by atoms with Crippen molar-refractivity contribution in [3.63, 3.8) is 0 Å². The van der Waals surface area contributed by atoms with Gasteiger partial charge in [-0.2, -0.15) is 0 Å². The number of carbonyl (C=O) groups excluding carboxylic acids is 1. The number of nitrogens with one attached hydrogen (secondary N) is 1. The fourth-order valence-corrected chi connectivity index (χ4v) is 3.43. The number of carboxylic acids is 1. The lowest BCUT2D eigenvalue weighted by molar-refractivity contribution is -0.479. The molecule has 2 N–H and O–H groups in total. The van der Waals surface area contributed by atoms with Gasteiger partial charge in [0.15, 0.2) is 0 Å². The number of ether oxygens (including phenoxy) is 2. The van der Waals surface area contributed by atoms with Crippen LogP contribution in [0.5, 0.6) is 5.75 Å². The SMILES string of the molecule is COC(Cc1ccc(OCc2ccccc2)cc1)C(=O)Nc1cc(C(=O)O)ccc1CC[N+](=O)[O-]. The van der Waals surface area contributed by atoms with E-state index in [1.165, 1.54) is 25.3 Å². The normalized spacial score (nSPS) is 11.5. The minimum absolute atomic E-state index is 0.0368. The van der Waals surface area contributed by atoms with Crippen LogP contribution in [0.15, 0.2) is 72.8 Å². The summed E-state index contributed by atoms with van der Waals surface area (Å²) < 4.78 is 11.2. The number of nitro groups is 1. The topological polar surface area (TPSA) is 128 Å². The highest BCUT2D eigenvalue weighted by atomic mass is 16.6. The second kappa shape index (κ2) is 12.3. The molecule has 9 nitrogen and oxygen atoms in total. The van der Waals surface area contributed by atoms with Gasteiger partial charge in [0, 0.05) is 30.6 Å². The zero-order valence-corrected chi connectivity index (χ0v) is 19.2. The van der Waals surface area contributed by atoms with Crippen molar-refractivity contribution in [2.75, 3.05) is 19.0 Å². The fourth-order valence-electron chi connectivity index (χ4n) is 3.43. The second-order valence-electron chi connectivity index (χ2n) is 7.82. The highest BCUT2D eigenvalue weighted by molar-refractivity contribution is 5.97. The number of aromatic carboxylic acids is 1. The molecule has 1 unspecified atom stereocenters. The first-order chi connectivity index (χ1) is 16.9. The third-order valence-corrected chi connectivity index (χ3v) is 5.35. The lowest BCUT2D eigenvalue weighted by atomic mass is 10.0. The highest BCUT2D eigenvalue weighted by Gasteiger charge is 2.21. The highest BCUT2D eigenvalue weighted by Crippen LogP contribution is 2.21. The Balaban J connectivity index is 1.65. The number of hydrogen-bond acceptors (Lipinski definition) is 6. The van der Waals surface area contributed by atoms with Crippen LogP contribution in [0.1, 0.15) is 27.0 Å². The van der Waals surface area contributed by atoms with Gasteiger partial charge in [0.1, 0.15) is 18.5 Å². The molecule has 1 atom stereocenters. The molecule has 0 heterocycles. The van der Waals surface area contributed by atoms with Crippen LogP contribution in [-0.4, -0.2) is 41.7 Å². The average Bonchev–Trinajstić information content (AvgIpc) is 2.86. The lowest BCUT2D eigenvalue weighted by Crippen LogP contribution is -2.32. The Labute approximate surface area is 202 Å². The Morgan fingerprint density at radius 3 is 2.37 bits per heavy atom. The van der Waals surface area contributed by atoms with Gasteiger partial charge in [-0.25, -0.2) is 4.79 Å². The molecular formula is C26H26N2O7. The molecule has 0 spiro atoms. The van der Waals surface area contributed by atoms with Crippen LogP contribution in [0.3, 0.4) is 0 Å². The number of anilines is 1. The van der Waals surface area contributed by atoms with Crippen molar-refractivity contribution in [3.05, 3.63) is 105 Å². The number of benzene rings is 3. The van der Waals surface area contributed by atoms with Crippen molar-refractivity contribution in [1.29, 1.82) is 0 Å². The predicted octanol–water partition coefficient (Wildman–Crippen LogP) is 3.98. The molecular weight excluding hydrogens is 452 g/mol. The summed E-state index contributed by atoms with van der Waals surface area (Å²) in [5.74, 6) is -0.960. The van der Waals surface area contributed by atoms with Crippen molar-refractivity contribution < 1.29 is 29.1 Å². The van der Waals surface area contributed by atoms with E-state index in [-0.39, 0.29) is 30.6 Å². The maximum absolute atomic E-state index is 12.9. The molecule has 3 aromatic rings. The van der Waals surface area contributed by atoms with Crippen LogP contribution < -0.4 is 10.1 Å². The fraction of sp³-hybridized carbons (Fsp3) is 0.231. The summed E-state index contributed by atoms with van der Waals surface area (Å²) in [6.07, 6.45) is -0.544. The van der Waals surface area contributed by atoms with Gasteiger partial charge in [0.25, 0.3) is 5.91 Å². The maximum atomic E-state index is 12.9. The Kier molecular flexibility index (Phi) is 8.91. The standard InChI is InChI=1S/C26H26N2O7/c1-34-24(15-18-7-11-22(12-8-18)35-17-19-5-3-2-4-6-19)25(29)27-23-16-21(26(30)31)10-9-20(23)13-14-28(32)33/h2-12,16,24H,13-15,17H2,1H3,(H,27,29)(H,30,31). The Hall–Kier alpha value is -4.24. The van der Waals surface area contributed by atoms with Crippen LogP contribution in [0.4, 0.5) is 5.69 Å². The van der Waals surface area contributed by atoms with Gasteiger partial charge in [-0.3, -0.25) is 14.9 Å². The molecule has 9 heteroatoms. The number of methoxy groups -OCH3 is 1. The second-order valence-corrected chi connectivity index (χ2v) is 7.82. The van der Waals surface area contributed by atoms with Crippen molar-refractivity contribution >= 4 is 17.6 Å². The minimum atomic E-state index is -1.17. The predicted molar refractivity (Wildman–Crippen MR) is 129 cm³/mol. The monoisotopic (exact) mass is 478 g/mol. The number of hydrogen-bond donors (Lipinski definition) is 2. The number of nitrogens with zero attached hydrogens (tertiary/aromatic N) is 1.